The number of halogens is 5. The smallest absolute Gasteiger partial charge is 0.267 e. The van der Waals surface area contributed by atoms with Crippen LogP contribution in [0, 0.1) is 0 Å². The zero-order chi connectivity index (χ0) is 19.8. The van der Waals surface area contributed by atoms with Gasteiger partial charge in [-0.2, -0.15) is 37.2 Å². The van der Waals surface area contributed by atoms with Gasteiger partial charge in [0.1, 0.15) is 0 Å². The number of aryl methyl sites for hydroxylation is 1. The van der Waals surface area contributed by atoms with Crippen LogP contribution in [0.15, 0.2) is 53.3 Å². The number of aromatic nitrogens is 2. The Hall–Kier alpha value is -3.04. The van der Waals surface area contributed by atoms with E-state index in [-0.39, 0.29) is 11.4 Å². The van der Waals surface area contributed by atoms with Crippen LogP contribution in [0.2, 0.25) is 0 Å². The average molecular weight is 384 g/mol. The Morgan fingerprint density at radius 3 is 2.33 bits per heavy atom. The first-order valence-electron chi connectivity index (χ1n) is 7.84. The van der Waals surface area contributed by atoms with Crippen molar-refractivity contribution < 1.29 is 26.7 Å². The molecular formula is C17H13F5N4O. The van der Waals surface area contributed by atoms with E-state index in [0.29, 0.717) is 11.6 Å². The van der Waals surface area contributed by atoms with Crippen molar-refractivity contribution in [3.8, 4) is 0 Å². The minimum Gasteiger partial charge on any atom is -0.267 e. The Kier molecular flexibility index (Phi) is 4.58. The third kappa shape index (κ3) is 3.22. The van der Waals surface area contributed by atoms with Crippen molar-refractivity contribution in [1.29, 1.82) is 0 Å². The summed E-state index contributed by atoms with van der Waals surface area (Å²) >= 11 is 0. The molecule has 2 aromatic rings. The second-order valence-corrected chi connectivity index (χ2v) is 5.60. The molecule has 1 aliphatic heterocycles. The number of benzene rings is 1. The minimum atomic E-state index is -5.90. The van der Waals surface area contributed by atoms with Gasteiger partial charge in [-0.1, -0.05) is 18.2 Å². The second kappa shape index (κ2) is 6.60. The number of nitrogens with zero attached hydrogens (tertiary/aromatic N) is 4. The van der Waals surface area contributed by atoms with E-state index in [1.807, 2.05) is 0 Å². The molecule has 0 aliphatic carbocycles. The number of rotatable bonds is 4. The number of anilines is 1. The highest BCUT2D eigenvalue weighted by molar-refractivity contribution is 6.34. The van der Waals surface area contributed by atoms with E-state index in [1.54, 1.807) is 13.0 Å². The summed E-state index contributed by atoms with van der Waals surface area (Å²) < 4.78 is 68.3. The topological polar surface area (TPSA) is 50.5 Å². The number of carbonyl (C=O) groups is 1. The summed E-state index contributed by atoms with van der Waals surface area (Å²) in [5.74, 6) is -6.38. The minimum absolute atomic E-state index is 0.0744. The van der Waals surface area contributed by atoms with Gasteiger partial charge in [-0.3, -0.25) is 9.48 Å². The molecule has 3 rings (SSSR count). The Balaban J connectivity index is 2.16. The monoisotopic (exact) mass is 384 g/mol. The fourth-order valence-corrected chi connectivity index (χ4v) is 2.53. The van der Waals surface area contributed by atoms with Crippen LogP contribution in [0.5, 0.6) is 0 Å². The number of hydrogen-bond donors (Lipinski definition) is 0. The average Bonchev–Trinajstić information content (AvgIpc) is 3.20. The van der Waals surface area contributed by atoms with Crippen LogP contribution < -0.4 is 5.01 Å². The molecule has 0 unspecified atom stereocenters. The molecule has 5 nitrogen and oxygen atoms in total. The summed E-state index contributed by atoms with van der Waals surface area (Å²) in [7, 11) is 0. The zero-order valence-corrected chi connectivity index (χ0v) is 13.9. The predicted octanol–water partition coefficient (Wildman–Crippen LogP) is 3.89. The van der Waals surface area contributed by atoms with Crippen molar-refractivity contribution in [2.24, 2.45) is 5.10 Å². The molecule has 0 fully saturated rings. The molecule has 0 radical (unpaired) electrons. The fourth-order valence-electron chi connectivity index (χ4n) is 2.53. The van der Waals surface area contributed by atoms with Crippen molar-refractivity contribution >= 4 is 23.4 Å². The number of amides is 1. The van der Waals surface area contributed by atoms with Gasteiger partial charge in [0.15, 0.2) is 5.71 Å². The summed E-state index contributed by atoms with van der Waals surface area (Å²) in [5, 5.41) is 7.78. The molecule has 0 saturated heterocycles. The highest BCUT2D eigenvalue weighted by Crippen LogP contribution is 2.41. The van der Waals surface area contributed by atoms with E-state index in [2.05, 4.69) is 10.2 Å². The van der Waals surface area contributed by atoms with E-state index in [9.17, 15) is 26.7 Å². The van der Waals surface area contributed by atoms with E-state index < -0.39 is 29.3 Å². The molecule has 2 heterocycles. The van der Waals surface area contributed by atoms with Gasteiger partial charge >= 0.3 is 12.1 Å². The molecule has 1 aromatic heterocycles. The van der Waals surface area contributed by atoms with E-state index in [4.69, 9.17) is 0 Å². The first kappa shape index (κ1) is 18.7. The summed E-state index contributed by atoms with van der Waals surface area (Å²) in [6.45, 7) is 2.05. The molecule has 10 heteroatoms. The van der Waals surface area contributed by atoms with Gasteiger partial charge in [0.05, 0.1) is 17.0 Å². The van der Waals surface area contributed by atoms with Crippen molar-refractivity contribution in [2.45, 2.75) is 25.6 Å². The van der Waals surface area contributed by atoms with Crippen molar-refractivity contribution in [1.82, 2.24) is 9.78 Å². The molecule has 0 spiro atoms. The Morgan fingerprint density at radius 2 is 1.74 bits per heavy atom. The number of alkyl halides is 5. The van der Waals surface area contributed by atoms with Crippen LogP contribution >= 0.6 is 0 Å². The summed E-state index contributed by atoms with van der Waals surface area (Å²) in [6, 6.07) is 8.78. The van der Waals surface area contributed by atoms with Gasteiger partial charge < -0.3 is 0 Å². The van der Waals surface area contributed by atoms with E-state index in [0.717, 1.165) is 6.08 Å². The first-order valence-corrected chi connectivity index (χ1v) is 7.84. The predicted molar refractivity (Wildman–Crippen MR) is 88.2 cm³/mol. The summed E-state index contributed by atoms with van der Waals surface area (Å²) in [6.07, 6.45) is -3.60. The van der Waals surface area contributed by atoms with Crippen LogP contribution in [-0.4, -0.2) is 33.5 Å². The molecule has 0 saturated carbocycles. The van der Waals surface area contributed by atoms with E-state index >= 15 is 0 Å². The van der Waals surface area contributed by atoms with Gasteiger partial charge in [-0.25, -0.2) is 0 Å². The molecule has 27 heavy (non-hydrogen) atoms. The maximum Gasteiger partial charge on any atom is 0.459 e. The van der Waals surface area contributed by atoms with Crippen LogP contribution in [-0.2, 0) is 11.3 Å². The number of para-hydroxylation sites is 1. The Bertz CT molecular complexity index is 915. The SMILES string of the molecule is CCn1nccc1/C=C1/C(=O)N(c2ccccc2)N=C1C(F)(F)C(F)(F)F. The van der Waals surface area contributed by atoms with Gasteiger partial charge in [-0.05, 0) is 31.2 Å². The lowest BCUT2D eigenvalue weighted by Gasteiger charge is -2.19. The second-order valence-electron chi connectivity index (χ2n) is 5.60. The third-order valence-corrected chi connectivity index (χ3v) is 3.87. The van der Waals surface area contributed by atoms with Crippen molar-refractivity contribution in [2.75, 3.05) is 5.01 Å². The lowest BCUT2D eigenvalue weighted by Crippen LogP contribution is -2.44. The number of hydrogen-bond acceptors (Lipinski definition) is 3. The molecule has 0 atom stereocenters. The molecule has 142 valence electrons. The largest absolute Gasteiger partial charge is 0.459 e. The number of carbonyl (C=O) groups excluding carboxylic acids is 1. The normalized spacial score (nSPS) is 17.0. The lowest BCUT2D eigenvalue weighted by molar-refractivity contribution is -0.248. The van der Waals surface area contributed by atoms with Crippen LogP contribution in [0.25, 0.3) is 6.08 Å². The van der Waals surface area contributed by atoms with Crippen LogP contribution in [0.1, 0.15) is 12.6 Å². The quantitative estimate of drug-likeness (QED) is 0.593. The zero-order valence-electron chi connectivity index (χ0n) is 13.9. The highest BCUT2D eigenvalue weighted by atomic mass is 19.4. The number of hydrazone groups is 1. The van der Waals surface area contributed by atoms with E-state index in [1.165, 1.54) is 41.2 Å². The molecule has 1 aliphatic rings. The molecule has 1 amide bonds. The Morgan fingerprint density at radius 1 is 1.07 bits per heavy atom. The molecule has 0 N–H and O–H groups in total. The van der Waals surface area contributed by atoms with Crippen molar-refractivity contribution in [3.05, 3.63) is 53.9 Å². The van der Waals surface area contributed by atoms with Gasteiger partial charge in [-0.15, -0.1) is 0 Å². The first-order chi connectivity index (χ1) is 12.7. The molecule has 1 aromatic carbocycles. The highest BCUT2D eigenvalue weighted by Gasteiger charge is 2.64. The van der Waals surface area contributed by atoms with Gasteiger partial charge in [0, 0.05) is 12.7 Å². The lowest BCUT2D eigenvalue weighted by atomic mass is 10.0. The summed E-state index contributed by atoms with van der Waals surface area (Å²) in [4.78, 5) is 12.6. The standard InChI is InChI=1S/C17H13F5N4O/c1-2-25-12(8-9-23-25)10-13-14(16(18,19)17(20,21)22)24-26(15(13)27)11-6-4-3-5-7-11/h3-10H,2H2,1H3/b13-10+. The van der Waals surface area contributed by atoms with Gasteiger partial charge in [0.2, 0.25) is 0 Å². The molecule has 0 bridgehead atoms. The fraction of sp³-hybridized carbons (Fsp3) is 0.235. The maximum atomic E-state index is 14.1. The van der Waals surface area contributed by atoms with Crippen molar-refractivity contribution in [3.63, 3.8) is 0 Å². The Labute approximate surface area is 150 Å². The van der Waals surface area contributed by atoms with Gasteiger partial charge in [0.25, 0.3) is 5.91 Å². The van der Waals surface area contributed by atoms with Crippen LogP contribution in [0.4, 0.5) is 27.6 Å². The van der Waals surface area contributed by atoms with Crippen LogP contribution in [0.3, 0.4) is 0 Å². The molecular weight excluding hydrogens is 371 g/mol. The third-order valence-electron chi connectivity index (χ3n) is 3.87. The summed E-state index contributed by atoms with van der Waals surface area (Å²) in [5.41, 5.74) is -2.20. The maximum absolute atomic E-state index is 14.1.